The fraction of sp³-hybridized carbons (Fsp3) is 0.400. The van der Waals surface area contributed by atoms with Crippen LogP contribution in [0.2, 0.25) is 5.02 Å². The van der Waals surface area contributed by atoms with Crippen molar-refractivity contribution in [3.8, 4) is 0 Å². The maximum atomic E-state index is 13.1. The molecule has 1 aromatic carbocycles. The van der Waals surface area contributed by atoms with Crippen LogP contribution in [0.25, 0.3) is 0 Å². The Morgan fingerprint density at radius 1 is 1.25 bits per heavy atom. The average molecular weight is 296 g/mol. The highest BCUT2D eigenvalue weighted by molar-refractivity contribution is 6.30. The standard InChI is InChI=1S/C15H19ClFN3/c1-3-12-8-13(20(4-2)19-12)10-18-9-11-5-6-15(17)14(16)7-11/h5-8,18H,3-4,9-10H2,1-2H3. The maximum Gasteiger partial charge on any atom is 0.141 e. The van der Waals surface area contributed by atoms with Crippen molar-refractivity contribution < 1.29 is 4.39 Å². The second kappa shape index (κ2) is 6.86. The number of halogens is 2. The van der Waals surface area contributed by atoms with Gasteiger partial charge in [0.15, 0.2) is 0 Å². The molecule has 2 aromatic rings. The SMILES string of the molecule is CCc1cc(CNCc2ccc(F)c(Cl)c2)n(CC)n1. The van der Waals surface area contributed by atoms with Gasteiger partial charge in [0, 0.05) is 19.6 Å². The second-order valence-corrected chi connectivity index (χ2v) is 5.06. The number of benzene rings is 1. The Balaban J connectivity index is 1.95. The van der Waals surface area contributed by atoms with Gasteiger partial charge >= 0.3 is 0 Å². The predicted molar refractivity (Wildman–Crippen MR) is 79.2 cm³/mol. The number of nitrogens with zero attached hydrogens (tertiary/aromatic N) is 2. The largest absolute Gasteiger partial charge is 0.307 e. The Labute approximate surface area is 123 Å². The van der Waals surface area contributed by atoms with E-state index in [0.717, 1.165) is 36.5 Å². The Bertz CT molecular complexity index is 580. The van der Waals surface area contributed by atoms with Gasteiger partial charge in [-0.1, -0.05) is 24.6 Å². The summed E-state index contributed by atoms with van der Waals surface area (Å²) in [6, 6.07) is 6.90. The van der Waals surface area contributed by atoms with Crippen molar-refractivity contribution in [3.63, 3.8) is 0 Å². The molecule has 0 amide bonds. The zero-order valence-electron chi connectivity index (χ0n) is 11.8. The van der Waals surface area contributed by atoms with E-state index in [1.165, 1.54) is 6.07 Å². The molecule has 20 heavy (non-hydrogen) atoms. The van der Waals surface area contributed by atoms with Crippen LogP contribution in [0.15, 0.2) is 24.3 Å². The predicted octanol–water partition coefficient (Wildman–Crippen LogP) is 3.55. The normalized spacial score (nSPS) is 11.0. The molecule has 1 aromatic heterocycles. The van der Waals surface area contributed by atoms with Gasteiger partial charge in [0.1, 0.15) is 5.82 Å². The molecule has 1 N–H and O–H groups in total. The van der Waals surface area contributed by atoms with Crippen LogP contribution in [0, 0.1) is 5.82 Å². The van der Waals surface area contributed by atoms with Crippen molar-refractivity contribution in [2.24, 2.45) is 0 Å². The smallest absolute Gasteiger partial charge is 0.141 e. The summed E-state index contributed by atoms with van der Waals surface area (Å²) in [5, 5.41) is 8.00. The van der Waals surface area contributed by atoms with Crippen LogP contribution in [0.3, 0.4) is 0 Å². The number of nitrogens with one attached hydrogen (secondary N) is 1. The molecule has 5 heteroatoms. The van der Waals surface area contributed by atoms with E-state index >= 15 is 0 Å². The van der Waals surface area contributed by atoms with Crippen molar-refractivity contribution in [3.05, 3.63) is 52.1 Å². The lowest BCUT2D eigenvalue weighted by Crippen LogP contribution is -2.16. The third-order valence-electron chi connectivity index (χ3n) is 3.19. The van der Waals surface area contributed by atoms with Crippen LogP contribution in [0.4, 0.5) is 4.39 Å². The second-order valence-electron chi connectivity index (χ2n) is 4.65. The topological polar surface area (TPSA) is 29.9 Å². The van der Waals surface area contributed by atoms with Crippen molar-refractivity contribution >= 4 is 11.6 Å². The highest BCUT2D eigenvalue weighted by atomic mass is 35.5. The summed E-state index contributed by atoms with van der Waals surface area (Å²) >= 11 is 5.76. The number of aromatic nitrogens is 2. The molecular weight excluding hydrogens is 277 g/mol. The lowest BCUT2D eigenvalue weighted by atomic mass is 10.2. The van der Waals surface area contributed by atoms with E-state index in [2.05, 4.69) is 30.3 Å². The highest BCUT2D eigenvalue weighted by Crippen LogP contribution is 2.16. The van der Waals surface area contributed by atoms with Crippen LogP contribution >= 0.6 is 11.6 Å². The van der Waals surface area contributed by atoms with Crippen LogP contribution in [0.1, 0.15) is 30.8 Å². The minimum atomic E-state index is -0.382. The van der Waals surface area contributed by atoms with E-state index < -0.39 is 0 Å². The molecule has 0 radical (unpaired) electrons. The van der Waals surface area contributed by atoms with Gasteiger partial charge in [-0.15, -0.1) is 0 Å². The van der Waals surface area contributed by atoms with E-state index in [1.54, 1.807) is 12.1 Å². The third-order valence-corrected chi connectivity index (χ3v) is 3.48. The van der Waals surface area contributed by atoms with Crippen LogP contribution in [-0.4, -0.2) is 9.78 Å². The summed E-state index contributed by atoms with van der Waals surface area (Å²) < 4.78 is 15.1. The zero-order valence-corrected chi connectivity index (χ0v) is 12.5. The van der Waals surface area contributed by atoms with Crippen molar-refractivity contribution in [2.75, 3.05) is 0 Å². The Kier molecular flexibility index (Phi) is 5.15. The number of hydrogen-bond donors (Lipinski definition) is 1. The van der Waals surface area contributed by atoms with E-state index in [-0.39, 0.29) is 10.8 Å². The first-order valence-corrected chi connectivity index (χ1v) is 7.22. The molecule has 0 bridgehead atoms. The number of hydrogen-bond acceptors (Lipinski definition) is 2. The fourth-order valence-electron chi connectivity index (χ4n) is 2.09. The van der Waals surface area contributed by atoms with Crippen LogP contribution in [-0.2, 0) is 26.1 Å². The quantitative estimate of drug-likeness (QED) is 0.883. The molecule has 3 nitrogen and oxygen atoms in total. The lowest BCUT2D eigenvalue weighted by Gasteiger charge is -2.07. The first-order valence-electron chi connectivity index (χ1n) is 6.84. The molecule has 0 aliphatic rings. The average Bonchev–Trinajstić information content (AvgIpc) is 2.85. The first kappa shape index (κ1) is 15.0. The molecule has 0 fully saturated rings. The van der Waals surface area contributed by atoms with E-state index in [9.17, 15) is 4.39 Å². The Hall–Kier alpha value is -1.39. The molecule has 0 atom stereocenters. The van der Waals surface area contributed by atoms with Gasteiger partial charge < -0.3 is 5.32 Å². The zero-order chi connectivity index (χ0) is 14.5. The summed E-state index contributed by atoms with van der Waals surface area (Å²) in [7, 11) is 0. The van der Waals surface area contributed by atoms with E-state index in [1.807, 2.05) is 4.68 Å². The van der Waals surface area contributed by atoms with Gasteiger partial charge in [-0.05, 0) is 37.1 Å². The fourth-order valence-corrected chi connectivity index (χ4v) is 2.29. The molecule has 0 aliphatic heterocycles. The summed E-state index contributed by atoms with van der Waals surface area (Å²) in [5.41, 5.74) is 3.24. The van der Waals surface area contributed by atoms with E-state index in [4.69, 9.17) is 11.6 Å². The molecule has 0 spiro atoms. The van der Waals surface area contributed by atoms with Crippen molar-refractivity contribution in [1.82, 2.24) is 15.1 Å². The molecule has 1 heterocycles. The Morgan fingerprint density at radius 2 is 2.05 bits per heavy atom. The van der Waals surface area contributed by atoms with E-state index in [0.29, 0.717) is 6.54 Å². The summed E-state index contributed by atoms with van der Waals surface area (Å²) in [6.07, 6.45) is 0.938. The van der Waals surface area contributed by atoms with Gasteiger partial charge in [-0.25, -0.2) is 4.39 Å². The molecule has 0 saturated heterocycles. The number of rotatable bonds is 6. The van der Waals surface area contributed by atoms with Gasteiger partial charge in [0.2, 0.25) is 0 Å². The molecule has 0 aliphatic carbocycles. The summed E-state index contributed by atoms with van der Waals surface area (Å²) in [6.45, 7) is 6.42. The summed E-state index contributed by atoms with van der Waals surface area (Å²) in [5.74, 6) is -0.382. The Morgan fingerprint density at radius 3 is 2.70 bits per heavy atom. The lowest BCUT2D eigenvalue weighted by molar-refractivity contribution is 0.577. The molecule has 2 rings (SSSR count). The van der Waals surface area contributed by atoms with Gasteiger partial charge in [-0.3, -0.25) is 4.68 Å². The van der Waals surface area contributed by atoms with Gasteiger partial charge in [-0.2, -0.15) is 5.10 Å². The highest BCUT2D eigenvalue weighted by Gasteiger charge is 2.05. The van der Waals surface area contributed by atoms with Crippen LogP contribution in [0.5, 0.6) is 0 Å². The van der Waals surface area contributed by atoms with Crippen molar-refractivity contribution in [2.45, 2.75) is 39.9 Å². The van der Waals surface area contributed by atoms with Crippen LogP contribution < -0.4 is 5.32 Å². The molecular formula is C15H19ClFN3. The molecule has 0 unspecified atom stereocenters. The van der Waals surface area contributed by atoms with Gasteiger partial charge in [0.25, 0.3) is 0 Å². The monoisotopic (exact) mass is 295 g/mol. The minimum absolute atomic E-state index is 0.163. The van der Waals surface area contributed by atoms with Crippen molar-refractivity contribution in [1.29, 1.82) is 0 Å². The molecule has 0 saturated carbocycles. The molecule has 108 valence electrons. The first-order chi connectivity index (χ1) is 9.63. The third kappa shape index (κ3) is 3.58. The maximum absolute atomic E-state index is 13.1. The summed E-state index contributed by atoms with van der Waals surface area (Å²) in [4.78, 5) is 0. The minimum Gasteiger partial charge on any atom is -0.307 e. The number of aryl methyl sites for hydroxylation is 2. The van der Waals surface area contributed by atoms with Gasteiger partial charge in [0.05, 0.1) is 16.4 Å².